The van der Waals surface area contributed by atoms with Gasteiger partial charge in [-0.1, -0.05) is 49.6 Å². The quantitative estimate of drug-likeness (QED) is 0.572. The molecule has 0 radical (unpaired) electrons. The number of hydrogen-bond donors (Lipinski definition) is 1. The summed E-state index contributed by atoms with van der Waals surface area (Å²) in [5, 5.41) is 9.25. The molecule has 0 unspecified atom stereocenters. The van der Waals surface area contributed by atoms with E-state index >= 15 is 0 Å². The number of hydrogen-bond acceptors (Lipinski definition) is 3. The Bertz CT molecular complexity index is 670. The zero-order valence-corrected chi connectivity index (χ0v) is 13.6. The van der Waals surface area contributed by atoms with Crippen molar-refractivity contribution in [3.05, 3.63) is 84.0 Å². The summed E-state index contributed by atoms with van der Waals surface area (Å²) in [7, 11) is 2.05. The van der Waals surface area contributed by atoms with E-state index in [4.69, 9.17) is 0 Å². The molecule has 0 saturated carbocycles. The molecule has 2 aromatic rings. The van der Waals surface area contributed by atoms with E-state index in [1.807, 2.05) is 17.4 Å². The second-order valence-corrected chi connectivity index (χ2v) is 6.39. The lowest BCUT2D eigenvalue weighted by Crippen LogP contribution is -2.19. The Hall–Kier alpha value is -2.10. The van der Waals surface area contributed by atoms with Crippen molar-refractivity contribution in [1.82, 2.24) is 4.90 Å². The molecule has 1 N–H and O–H groups in total. The summed E-state index contributed by atoms with van der Waals surface area (Å²) in [5.74, 6) is 0.0609. The first-order valence-corrected chi connectivity index (χ1v) is 7.93. The third-order valence-electron chi connectivity index (χ3n) is 3.21. The molecular weight excluding hydrogens is 290 g/mol. The van der Waals surface area contributed by atoms with Gasteiger partial charge in [0, 0.05) is 22.8 Å². The molecule has 0 aliphatic rings. The first kappa shape index (κ1) is 16.3. The van der Waals surface area contributed by atoms with E-state index in [1.54, 1.807) is 12.2 Å². The van der Waals surface area contributed by atoms with Gasteiger partial charge in [-0.2, -0.15) is 0 Å². The lowest BCUT2D eigenvalue weighted by atomic mass is 10.2. The molecule has 0 spiro atoms. The van der Waals surface area contributed by atoms with E-state index in [0.717, 1.165) is 18.7 Å². The van der Waals surface area contributed by atoms with Crippen molar-refractivity contribution in [3.63, 3.8) is 0 Å². The summed E-state index contributed by atoms with van der Waals surface area (Å²) < 4.78 is 0. The van der Waals surface area contributed by atoms with Crippen LogP contribution in [0, 0.1) is 0 Å². The van der Waals surface area contributed by atoms with Gasteiger partial charge in [0.05, 0.1) is 0 Å². The molecule has 0 amide bonds. The van der Waals surface area contributed by atoms with Gasteiger partial charge in [0.25, 0.3) is 0 Å². The van der Waals surface area contributed by atoms with Gasteiger partial charge in [0.2, 0.25) is 0 Å². The van der Waals surface area contributed by atoms with Gasteiger partial charge in [-0.05, 0) is 36.4 Å². The van der Waals surface area contributed by atoms with Crippen molar-refractivity contribution in [3.8, 4) is 10.4 Å². The monoisotopic (exact) mass is 311 g/mol. The fraction of sp³-hybridized carbons (Fsp3) is 0.158. The normalized spacial score (nSPS) is 11.6. The van der Waals surface area contributed by atoms with Crippen molar-refractivity contribution in [2.75, 3.05) is 13.6 Å². The summed E-state index contributed by atoms with van der Waals surface area (Å²) in [5.41, 5.74) is 2.21. The molecule has 1 aromatic carbocycles. The second-order valence-electron chi connectivity index (χ2n) is 5.22. The SMILES string of the molecule is C=C/C(=C\C(=C)O)CN(C)Cc1ccc(-c2ccccc2)s1. The number of nitrogens with zero attached hydrogens (tertiary/aromatic N) is 1. The average Bonchev–Trinajstić information content (AvgIpc) is 2.95. The number of rotatable bonds is 7. The van der Waals surface area contributed by atoms with Crippen molar-refractivity contribution in [2.45, 2.75) is 6.54 Å². The average molecular weight is 311 g/mol. The molecule has 0 aliphatic carbocycles. The fourth-order valence-electron chi connectivity index (χ4n) is 2.24. The highest BCUT2D eigenvalue weighted by molar-refractivity contribution is 7.15. The van der Waals surface area contributed by atoms with Gasteiger partial charge in [-0.15, -0.1) is 11.3 Å². The van der Waals surface area contributed by atoms with Crippen molar-refractivity contribution < 1.29 is 5.11 Å². The van der Waals surface area contributed by atoms with Crippen LogP contribution in [-0.4, -0.2) is 23.6 Å². The van der Waals surface area contributed by atoms with E-state index < -0.39 is 0 Å². The van der Waals surface area contributed by atoms with Gasteiger partial charge in [0.15, 0.2) is 0 Å². The molecule has 22 heavy (non-hydrogen) atoms. The minimum absolute atomic E-state index is 0.0609. The predicted molar refractivity (Wildman–Crippen MR) is 96.1 cm³/mol. The lowest BCUT2D eigenvalue weighted by molar-refractivity contribution is 0.359. The van der Waals surface area contributed by atoms with Crippen LogP contribution < -0.4 is 0 Å². The number of aliphatic hydroxyl groups excluding tert-OH is 1. The Kier molecular flexibility index (Phi) is 5.75. The van der Waals surface area contributed by atoms with Crippen molar-refractivity contribution >= 4 is 11.3 Å². The van der Waals surface area contributed by atoms with Gasteiger partial charge in [-0.3, -0.25) is 4.90 Å². The Labute approximate surface area is 136 Å². The first-order valence-electron chi connectivity index (χ1n) is 7.12. The van der Waals surface area contributed by atoms with Crippen molar-refractivity contribution in [2.24, 2.45) is 0 Å². The standard InChI is InChI=1S/C19H21NOS/c1-4-16(12-15(2)21)13-20(3)14-18-10-11-19(22-18)17-8-6-5-7-9-17/h4-12,21H,1-2,13-14H2,3H3/b16-12+. The zero-order chi connectivity index (χ0) is 15.9. The molecule has 1 aromatic heterocycles. The summed E-state index contributed by atoms with van der Waals surface area (Å²) in [6, 6.07) is 14.8. The summed E-state index contributed by atoms with van der Waals surface area (Å²) in [6.07, 6.45) is 3.40. The largest absolute Gasteiger partial charge is 0.509 e. The van der Waals surface area contributed by atoms with Crippen LogP contribution in [0.3, 0.4) is 0 Å². The Morgan fingerprint density at radius 3 is 2.59 bits per heavy atom. The highest BCUT2D eigenvalue weighted by Gasteiger charge is 2.06. The molecule has 0 fully saturated rings. The van der Waals surface area contributed by atoms with E-state index in [0.29, 0.717) is 0 Å². The van der Waals surface area contributed by atoms with E-state index in [1.165, 1.54) is 15.3 Å². The van der Waals surface area contributed by atoms with Crippen LogP contribution >= 0.6 is 11.3 Å². The Balaban J connectivity index is 2.01. The summed E-state index contributed by atoms with van der Waals surface area (Å²) >= 11 is 1.81. The van der Waals surface area contributed by atoms with Crippen molar-refractivity contribution in [1.29, 1.82) is 0 Å². The van der Waals surface area contributed by atoms with Crippen LogP contribution in [0.4, 0.5) is 0 Å². The van der Waals surface area contributed by atoms with E-state index in [2.05, 4.69) is 61.5 Å². The van der Waals surface area contributed by atoms with Crippen LogP contribution in [0.1, 0.15) is 4.88 Å². The third kappa shape index (κ3) is 4.72. The van der Waals surface area contributed by atoms with Crippen LogP contribution in [0.5, 0.6) is 0 Å². The van der Waals surface area contributed by atoms with Gasteiger partial charge >= 0.3 is 0 Å². The second kappa shape index (κ2) is 7.78. The number of likely N-dealkylation sites (N-methyl/N-ethyl adjacent to an activating group) is 1. The summed E-state index contributed by atoms with van der Waals surface area (Å²) in [4.78, 5) is 4.79. The lowest BCUT2D eigenvalue weighted by Gasteiger charge is -2.16. The maximum Gasteiger partial charge on any atom is 0.108 e. The maximum atomic E-state index is 9.25. The number of aliphatic hydroxyl groups is 1. The molecule has 0 aliphatic heterocycles. The Morgan fingerprint density at radius 2 is 1.95 bits per heavy atom. The molecule has 2 rings (SSSR count). The Morgan fingerprint density at radius 1 is 1.23 bits per heavy atom. The molecular formula is C19H21NOS. The molecule has 0 bridgehead atoms. The maximum absolute atomic E-state index is 9.25. The zero-order valence-electron chi connectivity index (χ0n) is 12.8. The molecule has 0 atom stereocenters. The topological polar surface area (TPSA) is 23.5 Å². The van der Waals surface area contributed by atoms with Crippen LogP contribution in [0.15, 0.2) is 79.1 Å². The van der Waals surface area contributed by atoms with Gasteiger partial charge < -0.3 is 5.11 Å². The molecule has 0 saturated heterocycles. The smallest absolute Gasteiger partial charge is 0.108 e. The minimum Gasteiger partial charge on any atom is -0.509 e. The predicted octanol–water partition coefficient (Wildman–Crippen LogP) is 5.03. The van der Waals surface area contributed by atoms with Crippen LogP contribution in [0.25, 0.3) is 10.4 Å². The molecule has 3 heteroatoms. The number of allylic oxidation sites excluding steroid dienone is 1. The summed E-state index contributed by atoms with van der Waals surface area (Å²) in [6.45, 7) is 8.84. The molecule has 2 nitrogen and oxygen atoms in total. The van der Waals surface area contributed by atoms with Gasteiger partial charge in [-0.25, -0.2) is 0 Å². The first-order chi connectivity index (χ1) is 10.6. The highest BCUT2D eigenvalue weighted by atomic mass is 32.1. The fourth-order valence-corrected chi connectivity index (χ4v) is 3.33. The van der Waals surface area contributed by atoms with E-state index in [-0.39, 0.29) is 5.76 Å². The minimum atomic E-state index is 0.0609. The number of benzene rings is 1. The molecule has 1 heterocycles. The third-order valence-corrected chi connectivity index (χ3v) is 4.33. The van der Waals surface area contributed by atoms with Crippen LogP contribution in [0.2, 0.25) is 0 Å². The number of thiophene rings is 1. The van der Waals surface area contributed by atoms with E-state index in [9.17, 15) is 5.11 Å². The highest BCUT2D eigenvalue weighted by Crippen LogP contribution is 2.28. The molecule has 114 valence electrons. The van der Waals surface area contributed by atoms with Gasteiger partial charge in [0.1, 0.15) is 5.76 Å². The van der Waals surface area contributed by atoms with Crippen LogP contribution in [-0.2, 0) is 6.54 Å².